The molecule has 0 aromatic carbocycles. The lowest BCUT2D eigenvalue weighted by molar-refractivity contribution is 0.166. The smallest absolute Gasteiger partial charge is 0.100 e. The molecule has 0 aromatic rings. The van der Waals surface area contributed by atoms with Gasteiger partial charge in [0.15, 0.2) is 0 Å². The van der Waals surface area contributed by atoms with E-state index in [1.165, 1.54) is 11.3 Å². The lowest BCUT2D eigenvalue weighted by Crippen LogP contribution is -2.33. The Labute approximate surface area is 94.3 Å². The van der Waals surface area contributed by atoms with Crippen molar-refractivity contribution < 1.29 is 4.74 Å². The summed E-state index contributed by atoms with van der Waals surface area (Å²) in [5, 5.41) is 0. The van der Waals surface area contributed by atoms with Gasteiger partial charge in [0.25, 0.3) is 0 Å². The number of likely N-dealkylation sites (N-methyl/N-ethyl adjacent to an activating group) is 1. The molecule has 0 amide bonds. The maximum Gasteiger partial charge on any atom is 0.100 e. The van der Waals surface area contributed by atoms with E-state index in [9.17, 15) is 0 Å². The molecule has 0 saturated carbocycles. The molecular formula is C13H25NO. The molecule has 1 aliphatic heterocycles. The largest absolute Gasteiger partial charge is 0.496 e. The van der Waals surface area contributed by atoms with Crippen LogP contribution in [-0.4, -0.2) is 31.1 Å². The quantitative estimate of drug-likeness (QED) is 0.696. The van der Waals surface area contributed by atoms with Crippen molar-refractivity contribution in [2.75, 3.05) is 20.2 Å². The van der Waals surface area contributed by atoms with Gasteiger partial charge in [-0.3, -0.25) is 4.90 Å². The summed E-state index contributed by atoms with van der Waals surface area (Å²) in [6.07, 6.45) is 0. The predicted octanol–water partition coefficient (Wildman–Crippen LogP) is 2.90. The van der Waals surface area contributed by atoms with Gasteiger partial charge in [-0.1, -0.05) is 27.7 Å². The van der Waals surface area contributed by atoms with E-state index in [-0.39, 0.29) is 0 Å². The first kappa shape index (κ1) is 12.6. The van der Waals surface area contributed by atoms with E-state index in [2.05, 4.69) is 46.6 Å². The number of ether oxygens (including phenoxy) is 1. The fourth-order valence-corrected chi connectivity index (χ4v) is 2.29. The first-order valence-corrected chi connectivity index (χ1v) is 6.02. The van der Waals surface area contributed by atoms with Crippen molar-refractivity contribution in [3.8, 4) is 0 Å². The zero-order valence-electron chi connectivity index (χ0n) is 11.0. The Bertz CT molecular complexity index is 243. The molecule has 0 N–H and O–H groups in total. The summed E-state index contributed by atoms with van der Waals surface area (Å²) in [5.41, 5.74) is 1.48. The molecule has 1 unspecified atom stereocenters. The van der Waals surface area contributed by atoms with Crippen molar-refractivity contribution in [1.82, 2.24) is 4.90 Å². The van der Waals surface area contributed by atoms with Crippen LogP contribution in [0.1, 0.15) is 34.6 Å². The monoisotopic (exact) mass is 211 g/mol. The molecule has 0 fully saturated rings. The van der Waals surface area contributed by atoms with Crippen LogP contribution in [0.4, 0.5) is 0 Å². The van der Waals surface area contributed by atoms with Crippen LogP contribution >= 0.6 is 0 Å². The van der Waals surface area contributed by atoms with Crippen LogP contribution in [-0.2, 0) is 4.74 Å². The molecule has 0 bridgehead atoms. The van der Waals surface area contributed by atoms with Crippen LogP contribution in [0.25, 0.3) is 0 Å². The normalized spacial score (nSPS) is 24.7. The Kier molecular flexibility index (Phi) is 4.21. The highest BCUT2D eigenvalue weighted by Gasteiger charge is 2.26. The topological polar surface area (TPSA) is 12.5 Å². The maximum absolute atomic E-state index is 5.92. The fourth-order valence-electron chi connectivity index (χ4n) is 2.29. The van der Waals surface area contributed by atoms with Gasteiger partial charge in [-0.15, -0.1) is 0 Å². The minimum absolute atomic E-state index is 0.497. The predicted molar refractivity (Wildman–Crippen MR) is 64.7 cm³/mol. The third-order valence-electron chi connectivity index (χ3n) is 3.24. The Morgan fingerprint density at radius 1 is 1.20 bits per heavy atom. The molecule has 0 aliphatic carbocycles. The molecule has 2 heteroatoms. The Balaban J connectivity index is 3.08. The molecule has 1 atom stereocenters. The van der Waals surface area contributed by atoms with Gasteiger partial charge in [-0.25, -0.2) is 0 Å². The standard InChI is InChI=1S/C13H25NO/c1-9(2)12-11(5)14(6)7-8-15-13(12)10(3)4/h9-11H,7-8H2,1-6H3. The number of allylic oxidation sites excluding steroid dienone is 1. The molecule has 0 radical (unpaired) electrons. The minimum Gasteiger partial charge on any atom is -0.496 e. The van der Waals surface area contributed by atoms with Gasteiger partial charge in [0.05, 0.1) is 5.76 Å². The van der Waals surface area contributed by atoms with Crippen molar-refractivity contribution in [2.24, 2.45) is 11.8 Å². The second-order valence-corrected chi connectivity index (χ2v) is 5.13. The first-order valence-electron chi connectivity index (χ1n) is 6.02. The lowest BCUT2D eigenvalue weighted by atomic mass is 9.91. The van der Waals surface area contributed by atoms with Crippen molar-refractivity contribution in [3.05, 3.63) is 11.3 Å². The molecule has 1 heterocycles. The van der Waals surface area contributed by atoms with Gasteiger partial charge in [-0.2, -0.15) is 0 Å². The Morgan fingerprint density at radius 2 is 1.80 bits per heavy atom. The molecule has 88 valence electrons. The SMILES string of the molecule is CC(C)C1=C(C(C)C)C(C)N(C)CCO1. The number of hydrogen-bond acceptors (Lipinski definition) is 2. The van der Waals surface area contributed by atoms with E-state index in [4.69, 9.17) is 4.74 Å². The summed E-state index contributed by atoms with van der Waals surface area (Å²) >= 11 is 0. The van der Waals surface area contributed by atoms with Crippen molar-refractivity contribution in [1.29, 1.82) is 0 Å². The van der Waals surface area contributed by atoms with Crippen molar-refractivity contribution >= 4 is 0 Å². The van der Waals surface area contributed by atoms with E-state index in [0.717, 1.165) is 13.2 Å². The van der Waals surface area contributed by atoms with Gasteiger partial charge in [-0.05, 0) is 25.5 Å². The van der Waals surface area contributed by atoms with Gasteiger partial charge < -0.3 is 4.74 Å². The molecule has 0 spiro atoms. The minimum atomic E-state index is 0.497. The molecule has 1 aliphatic rings. The summed E-state index contributed by atoms with van der Waals surface area (Å²) < 4.78 is 5.92. The highest BCUT2D eigenvalue weighted by atomic mass is 16.5. The van der Waals surface area contributed by atoms with E-state index in [1.54, 1.807) is 0 Å². The summed E-state index contributed by atoms with van der Waals surface area (Å²) in [5.74, 6) is 2.29. The van der Waals surface area contributed by atoms with Crippen LogP contribution in [0.3, 0.4) is 0 Å². The second-order valence-electron chi connectivity index (χ2n) is 5.13. The van der Waals surface area contributed by atoms with E-state index >= 15 is 0 Å². The number of hydrogen-bond donors (Lipinski definition) is 0. The molecule has 0 aromatic heterocycles. The van der Waals surface area contributed by atoms with Gasteiger partial charge >= 0.3 is 0 Å². The van der Waals surface area contributed by atoms with E-state index < -0.39 is 0 Å². The Morgan fingerprint density at radius 3 is 2.27 bits per heavy atom. The van der Waals surface area contributed by atoms with Gasteiger partial charge in [0.1, 0.15) is 6.61 Å². The van der Waals surface area contributed by atoms with Crippen LogP contribution in [0.2, 0.25) is 0 Å². The van der Waals surface area contributed by atoms with Crippen molar-refractivity contribution in [3.63, 3.8) is 0 Å². The average molecular weight is 211 g/mol. The summed E-state index contributed by atoms with van der Waals surface area (Å²) in [6, 6.07) is 0.505. The Hall–Kier alpha value is -0.500. The van der Waals surface area contributed by atoms with Crippen LogP contribution in [0.5, 0.6) is 0 Å². The first-order chi connectivity index (χ1) is 6.95. The van der Waals surface area contributed by atoms with Crippen LogP contribution in [0.15, 0.2) is 11.3 Å². The molecule has 15 heavy (non-hydrogen) atoms. The number of rotatable bonds is 2. The third-order valence-corrected chi connectivity index (χ3v) is 3.24. The number of nitrogens with zero attached hydrogens (tertiary/aromatic N) is 1. The van der Waals surface area contributed by atoms with Crippen LogP contribution in [0, 0.1) is 11.8 Å². The molecule has 1 rings (SSSR count). The molecule has 0 saturated heterocycles. The highest BCUT2D eigenvalue weighted by Crippen LogP contribution is 2.29. The summed E-state index contributed by atoms with van der Waals surface area (Å²) in [4.78, 5) is 2.38. The van der Waals surface area contributed by atoms with E-state index in [1.807, 2.05) is 0 Å². The zero-order chi connectivity index (χ0) is 11.6. The van der Waals surface area contributed by atoms with E-state index in [0.29, 0.717) is 17.9 Å². The lowest BCUT2D eigenvalue weighted by Gasteiger charge is -2.27. The molecular weight excluding hydrogens is 186 g/mol. The summed E-state index contributed by atoms with van der Waals surface area (Å²) in [6.45, 7) is 13.1. The van der Waals surface area contributed by atoms with Gasteiger partial charge in [0.2, 0.25) is 0 Å². The van der Waals surface area contributed by atoms with Gasteiger partial charge in [0, 0.05) is 18.5 Å². The highest BCUT2D eigenvalue weighted by molar-refractivity contribution is 5.19. The maximum atomic E-state index is 5.92. The fraction of sp³-hybridized carbons (Fsp3) is 0.846. The summed E-state index contributed by atoms with van der Waals surface area (Å²) in [7, 11) is 2.18. The molecule has 2 nitrogen and oxygen atoms in total. The second kappa shape index (κ2) is 5.02. The van der Waals surface area contributed by atoms with Crippen molar-refractivity contribution in [2.45, 2.75) is 40.7 Å². The zero-order valence-corrected chi connectivity index (χ0v) is 11.0. The average Bonchev–Trinajstić information content (AvgIpc) is 2.27. The van der Waals surface area contributed by atoms with Crippen LogP contribution < -0.4 is 0 Å². The third kappa shape index (κ3) is 2.75.